The van der Waals surface area contributed by atoms with Gasteiger partial charge in [0.2, 0.25) is 0 Å². The summed E-state index contributed by atoms with van der Waals surface area (Å²) in [6, 6.07) is 7.97. The van der Waals surface area contributed by atoms with E-state index < -0.39 is 6.10 Å². The Morgan fingerprint density at radius 3 is 2.50 bits per heavy atom. The molecule has 1 aromatic heterocycles. The van der Waals surface area contributed by atoms with E-state index in [1.54, 1.807) is 7.11 Å². The van der Waals surface area contributed by atoms with Crippen molar-refractivity contribution in [2.75, 3.05) is 40.4 Å². The summed E-state index contributed by atoms with van der Waals surface area (Å²) in [5.74, 6) is 1.33. The van der Waals surface area contributed by atoms with Gasteiger partial charge in [-0.2, -0.15) is 5.10 Å². The zero-order valence-corrected chi connectivity index (χ0v) is 17.7. The van der Waals surface area contributed by atoms with Gasteiger partial charge in [0.15, 0.2) is 11.5 Å². The van der Waals surface area contributed by atoms with Crippen molar-refractivity contribution in [1.29, 1.82) is 0 Å². The van der Waals surface area contributed by atoms with Crippen LogP contribution in [0.25, 0.3) is 0 Å². The molecule has 1 unspecified atom stereocenters. The molecule has 2 aromatic rings. The standard InChI is InChI=1S/C21H34N4O3/c1-6-25(7-2)14-19(26)15-28-20-9-8-17(11-21(20)27-5)12-24(4)13-18-10-16(3)22-23-18/h8-11,19,26H,6-7,12-15H2,1-5H3,(H,22,23). The summed E-state index contributed by atoms with van der Waals surface area (Å²) in [5, 5.41) is 17.4. The number of aryl methyl sites for hydroxylation is 1. The lowest BCUT2D eigenvalue weighted by Crippen LogP contribution is -2.35. The highest BCUT2D eigenvalue weighted by Gasteiger charge is 2.13. The van der Waals surface area contributed by atoms with E-state index in [0.29, 0.717) is 18.0 Å². The Morgan fingerprint density at radius 2 is 1.89 bits per heavy atom. The fourth-order valence-corrected chi connectivity index (χ4v) is 3.15. The minimum Gasteiger partial charge on any atom is -0.493 e. The van der Waals surface area contributed by atoms with Crippen molar-refractivity contribution in [3.63, 3.8) is 0 Å². The van der Waals surface area contributed by atoms with Gasteiger partial charge in [0.05, 0.1) is 12.8 Å². The van der Waals surface area contributed by atoms with Crippen LogP contribution in [0.4, 0.5) is 0 Å². The summed E-state index contributed by atoms with van der Waals surface area (Å²) in [7, 11) is 3.69. The van der Waals surface area contributed by atoms with Gasteiger partial charge < -0.3 is 19.5 Å². The molecular formula is C21H34N4O3. The van der Waals surface area contributed by atoms with Crippen LogP contribution in [0, 0.1) is 6.92 Å². The van der Waals surface area contributed by atoms with Crippen LogP contribution in [0.1, 0.15) is 30.8 Å². The molecule has 0 aliphatic carbocycles. The number of aliphatic hydroxyl groups is 1. The molecule has 2 rings (SSSR count). The van der Waals surface area contributed by atoms with Gasteiger partial charge in [0.25, 0.3) is 0 Å². The number of nitrogens with zero attached hydrogens (tertiary/aromatic N) is 3. The third-order valence-electron chi connectivity index (χ3n) is 4.67. The fourth-order valence-electron chi connectivity index (χ4n) is 3.15. The summed E-state index contributed by atoms with van der Waals surface area (Å²) in [6.07, 6.45) is -0.535. The number of nitrogens with one attached hydrogen (secondary N) is 1. The van der Waals surface area contributed by atoms with Crippen LogP contribution in [-0.2, 0) is 13.1 Å². The van der Waals surface area contributed by atoms with Crippen molar-refractivity contribution in [3.8, 4) is 11.5 Å². The Kier molecular flexibility index (Phi) is 8.76. The molecule has 7 nitrogen and oxygen atoms in total. The minimum absolute atomic E-state index is 0.241. The summed E-state index contributed by atoms with van der Waals surface area (Å²) in [5.41, 5.74) is 3.21. The number of aromatic amines is 1. The van der Waals surface area contributed by atoms with Crippen LogP contribution in [-0.4, -0.2) is 71.6 Å². The average molecular weight is 391 g/mol. The maximum Gasteiger partial charge on any atom is 0.161 e. The lowest BCUT2D eigenvalue weighted by Gasteiger charge is -2.22. The largest absolute Gasteiger partial charge is 0.493 e. The molecule has 0 saturated carbocycles. The van der Waals surface area contributed by atoms with Crippen LogP contribution >= 0.6 is 0 Å². The molecule has 0 spiro atoms. The van der Waals surface area contributed by atoms with Crippen molar-refractivity contribution in [2.45, 2.75) is 40.0 Å². The van der Waals surface area contributed by atoms with Gasteiger partial charge in [0.1, 0.15) is 12.7 Å². The van der Waals surface area contributed by atoms with Crippen molar-refractivity contribution in [3.05, 3.63) is 41.2 Å². The summed E-state index contributed by atoms with van der Waals surface area (Å²) in [6.45, 7) is 10.4. The van der Waals surface area contributed by atoms with E-state index in [2.05, 4.69) is 47.0 Å². The number of aromatic nitrogens is 2. The van der Waals surface area contributed by atoms with Gasteiger partial charge in [-0.15, -0.1) is 0 Å². The molecule has 1 heterocycles. The number of benzene rings is 1. The smallest absolute Gasteiger partial charge is 0.161 e. The second-order valence-electron chi connectivity index (χ2n) is 7.15. The van der Waals surface area contributed by atoms with Gasteiger partial charge in [-0.25, -0.2) is 0 Å². The van der Waals surface area contributed by atoms with E-state index in [9.17, 15) is 5.11 Å². The SMILES string of the molecule is CCN(CC)CC(O)COc1ccc(CN(C)Cc2cc(C)[nH]n2)cc1OC. The van der Waals surface area contributed by atoms with E-state index >= 15 is 0 Å². The van der Waals surface area contributed by atoms with Gasteiger partial charge >= 0.3 is 0 Å². The molecule has 7 heteroatoms. The number of likely N-dealkylation sites (N-methyl/N-ethyl adjacent to an activating group) is 1. The van der Waals surface area contributed by atoms with E-state index in [1.807, 2.05) is 25.1 Å². The molecule has 156 valence electrons. The number of ether oxygens (including phenoxy) is 2. The lowest BCUT2D eigenvalue weighted by molar-refractivity contribution is 0.0705. The third-order valence-corrected chi connectivity index (χ3v) is 4.67. The second-order valence-corrected chi connectivity index (χ2v) is 7.15. The predicted octanol–water partition coefficient (Wildman–Crippen LogP) is 2.44. The Labute approximate surface area is 168 Å². The number of rotatable bonds is 12. The highest BCUT2D eigenvalue weighted by atomic mass is 16.5. The Morgan fingerprint density at radius 1 is 1.14 bits per heavy atom. The highest BCUT2D eigenvalue weighted by Crippen LogP contribution is 2.28. The number of aliphatic hydroxyl groups excluding tert-OH is 1. The van der Waals surface area contributed by atoms with Gasteiger partial charge in [0, 0.05) is 25.3 Å². The molecule has 0 radical (unpaired) electrons. The van der Waals surface area contributed by atoms with E-state index in [4.69, 9.17) is 9.47 Å². The quantitative estimate of drug-likeness (QED) is 0.580. The summed E-state index contributed by atoms with van der Waals surface area (Å²) in [4.78, 5) is 4.36. The highest BCUT2D eigenvalue weighted by molar-refractivity contribution is 5.43. The first-order chi connectivity index (χ1) is 13.4. The minimum atomic E-state index is -0.535. The van der Waals surface area contributed by atoms with Gasteiger partial charge in [-0.3, -0.25) is 10.00 Å². The first-order valence-electron chi connectivity index (χ1n) is 9.84. The first kappa shape index (κ1) is 22.2. The zero-order valence-electron chi connectivity index (χ0n) is 17.7. The third kappa shape index (κ3) is 6.82. The van der Waals surface area contributed by atoms with Crippen LogP contribution in [0.5, 0.6) is 11.5 Å². The van der Waals surface area contributed by atoms with Crippen LogP contribution < -0.4 is 9.47 Å². The first-order valence-corrected chi connectivity index (χ1v) is 9.84. The van der Waals surface area contributed by atoms with Crippen LogP contribution in [0.3, 0.4) is 0 Å². The molecule has 0 bridgehead atoms. The van der Waals surface area contributed by atoms with Crippen molar-refractivity contribution < 1.29 is 14.6 Å². The van der Waals surface area contributed by atoms with E-state index in [0.717, 1.165) is 43.1 Å². The maximum atomic E-state index is 10.2. The van der Waals surface area contributed by atoms with Gasteiger partial charge in [-0.05, 0) is 50.8 Å². The number of hydrogen-bond acceptors (Lipinski definition) is 6. The summed E-state index contributed by atoms with van der Waals surface area (Å²) < 4.78 is 11.3. The van der Waals surface area contributed by atoms with Crippen molar-refractivity contribution >= 4 is 0 Å². The Bertz CT molecular complexity index is 715. The molecule has 1 atom stereocenters. The van der Waals surface area contributed by atoms with E-state index in [-0.39, 0.29) is 6.61 Å². The summed E-state index contributed by atoms with van der Waals surface area (Å²) >= 11 is 0. The molecule has 28 heavy (non-hydrogen) atoms. The predicted molar refractivity (Wildman–Crippen MR) is 111 cm³/mol. The molecule has 0 saturated heterocycles. The molecular weight excluding hydrogens is 356 g/mol. The van der Waals surface area contributed by atoms with Crippen molar-refractivity contribution in [1.82, 2.24) is 20.0 Å². The second kappa shape index (κ2) is 11.0. The van der Waals surface area contributed by atoms with Crippen LogP contribution in [0.2, 0.25) is 0 Å². The normalized spacial score (nSPS) is 12.6. The number of H-pyrrole nitrogens is 1. The monoisotopic (exact) mass is 390 g/mol. The molecule has 0 aliphatic heterocycles. The number of methoxy groups -OCH3 is 1. The zero-order chi connectivity index (χ0) is 20.5. The molecule has 0 fully saturated rings. The topological polar surface area (TPSA) is 73.9 Å². The number of hydrogen-bond donors (Lipinski definition) is 2. The van der Waals surface area contributed by atoms with E-state index in [1.165, 1.54) is 0 Å². The Balaban J connectivity index is 1.91. The average Bonchev–Trinajstić information content (AvgIpc) is 3.09. The fraction of sp³-hybridized carbons (Fsp3) is 0.571. The van der Waals surface area contributed by atoms with Crippen LogP contribution in [0.15, 0.2) is 24.3 Å². The Hall–Kier alpha value is -2.09. The molecule has 0 amide bonds. The maximum absolute atomic E-state index is 10.2. The molecule has 2 N–H and O–H groups in total. The molecule has 0 aliphatic rings. The van der Waals surface area contributed by atoms with Gasteiger partial charge in [-0.1, -0.05) is 19.9 Å². The van der Waals surface area contributed by atoms with Crippen molar-refractivity contribution in [2.24, 2.45) is 0 Å². The molecule has 1 aromatic carbocycles. The lowest BCUT2D eigenvalue weighted by atomic mass is 10.2.